The molecule has 2 amide bonds. The summed E-state index contributed by atoms with van der Waals surface area (Å²) >= 11 is 0. The molecule has 0 aliphatic carbocycles. The summed E-state index contributed by atoms with van der Waals surface area (Å²) < 4.78 is 5.41. The highest BCUT2D eigenvalue weighted by Gasteiger charge is 2.33. The van der Waals surface area contributed by atoms with Crippen LogP contribution in [0.2, 0.25) is 0 Å². The van der Waals surface area contributed by atoms with Gasteiger partial charge in [0.05, 0.1) is 19.3 Å². The number of anilines is 1. The average Bonchev–Trinajstić information content (AvgIpc) is 2.74. The Balaban J connectivity index is 0.00000289. The Morgan fingerprint density at radius 2 is 1.75 bits per heavy atom. The van der Waals surface area contributed by atoms with Gasteiger partial charge in [-0.3, -0.25) is 9.69 Å². The van der Waals surface area contributed by atoms with Crippen molar-refractivity contribution in [3.8, 4) is 11.1 Å². The Morgan fingerprint density at radius 1 is 1.09 bits per heavy atom. The first-order valence-corrected chi connectivity index (χ1v) is 10.7. The fourth-order valence-corrected chi connectivity index (χ4v) is 4.63. The van der Waals surface area contributed by atoms with Gasteiger partial charge < -0.3 is 20.1 Å². The zero-order valence-electron chi connectivity index (χ0n) is 18.4. The zero-order valence-corrected chi connectivity index (χ0v) is 19.2. The van der Waals surface area contributed by atoms with Gasteiger partial charge in [-0.1, -0.05) is 30.3 Å². The van der Waals surface area contributed by atoms with E-state index in [0.717, 1.165) is 55.2 Å². The standard InChI is InChI=1S/C24H29N3O4.ClH/c1-16-13-22(25-24(29)30)21-14-20(7-8-23(21)27(16)17(2)28)19-5-3-18(4-6-19)15-26-9-11-31-12-10-26;/h3-8,14,16,22,25H,9-13,15H2,1-2H3,(H,29,30);1H/t16-,22+;/m0./s1. The quantitative estimate of drug-likeness (QED) is 0.720. The largest absolute Gasteiger partial charge is 0.465 e. The van der Waals surface area contributed by atoms with Gasteiger partial charge >= 0.3 is 6.09 Å². The summed E-state index contributed by atoms with van der Waals surface area (Å²) in [5.41, 5.74) is 4.94. The number of carboxylic acid groups (broad SMARTS) is 1. The Labute approximate surface area is 194 Å². The summed E-state index contributed by atoms with van der Waals surface area (Å²) in [7, 11) is 0. The summed E-state index contributed by atoms with van der Waals surface area (Å²) in [6.45, 7) is 7.88. The number of ether oxygens (including phenoxy) is 1. The first-order valence-electron chi connectivity index (χ1n) is 10.7. The molecule has 2 heterocycles. The molecule has 2 aromatic rings. The van der Waals surface area contributed by atoms with Crippen LogP contribution in [0.15, 0.2) is 42.5 Å². The van der Waals surface area contributed by atoms with E-state index in [-0.39, 0.29) is 30.4 Å². The Bertz CT molecular complexity index is 960. The number of rotatable bonds is 4. The number of carbonyl (C=O) groups excluding carboxylic acids is 1. The third-order valence-corrected chi connectivity index (χ3v) is 6.11. The maximum absolute atomic E-state index is 12.2. The van der Waals surface area contributed by atoms with Crippen LogP contribution in [-0.2, 0) is 16.1 Å². The molecule has 0 aromatic heterocycles. The van der Waals surface area contributed by atoms with Crippen molar-refractivity contribution in [2.45, 2.75) is 38.9 Å². The smallest absolute Gasteiger partial charge is 0.405 e. The van der Waals surface area contributed by atoms with Crippen LogP contribution in [0, 0.1) is 0 Å². The predicted octanol–water partition coefficient (Wildman–Crippen LogP) is 4.06. The molecule has 32 heavy (non-hydrogen) atoms. The highest BCUT2D eigenvalue weighted by molar-refractivity contribution is 5.94. The molecule has 0 radical (unpaired) electrons. The van der Waals surface area contributed by atoms with Gasteiger partial charge in [0.2, 0.25) is 5.91 Å². The van der Waals surface area contributed by atoms with Crippen molar-refractivity contribution in [3.63, 3.8) is 0 Å². The van der Waals surface area contributed by atoms with Crippen molar-refractivity contribution < 1.29 is 19.4 Å². The fraction of sp³-hybridized carbons (Fsp3) is 0.417. The van der Waals surface area contributed by atoms with Crippen LogP contribution in [-0.4, -0.2) is 54.4 Å². The van der Waals surface area contributed by atoms with E-state index < -0.39 is 6.09 Å². The van der Waals surface area contributed by atoms with Crippen molar-refractivity contribution in [1.82, 2.24) is 10.2 Å². The number of amides is 2. The molecule has 0 bridgehead atoms. The lowest BCUT2D eigenvalue weighted by Gasteiger charge is -2.39. The summed E-state index contributed by atoms with van der Waals surface area (Å²) in [6, 6.07) is 14.0. The minimum absolute atomic E-state index is 0. The van der Waals surface area contributed by atoms with Crippen molar-refractivity contribution in [2.75, 3.05) is 31.2 Å². The van der Waals surface area contributed by atoms with Gasteiger partial charge in [-0.05, 0) is 47.7 Å². The molecular formula is C24H30ClN3O4. The van der Waals surface area contributed by atoms with Gasteiger partial charge in [-0.15, -0.1) is 12.4 Å². The van der Waals surface area contributed by atoms with Gasteiger partial charge in [-0.25, -0.2) is 4.79 Å². The first kappa shape index (κ1) is 24.0. The number of carbonyl (C=O) groups is 2. The molecule has 2 aromatic carbocycles. The number of halogens is 1. The minimum atomic E-state index is -1.06. The third-order valence-electron chi connectivity index (χ3n) is 6.11. The van der Waals surface area contributed by atoms with E-state index in [0.29, 0.717) is 6.42 Å². The monoisotopic (exact) mass is 459 g/mol. The van der Waals surface area contributed by atoms with Crippen LogP contribution in [0.3, 0.4) is 0 Å². The van der Waals surface area contributed by atoms with Crippen LogP contribution in [0.25, 0.3) is 11.1 Å². The van der Waals surface area contributed by atoms with E-state index in [1.54, 1.807) is 11.8 Å². The van der Waals surface area contributed by atoms with E-state index in [9.17, 15) is 14.7 Å². The average molecular weight is 460 g/mol. The van der Waals surface area contributed by atoms with Crippen molar-refractivity contribution >= 4 is 30.1 Å². The number of benzene rings is 2. The van der Waals surface area contributed by atoms with Crippen LogP contribution >= 0.6 is 12.4 Å². The fourth-order valence-electron chi connectivity index (χ4n) is 4.63. The minimum Gasteiger partial charge on any atom is -0.465 e. The van der Waals surface area contributed by atoms with Gasteiger partial charge in [-0.2, -0.15) is 0 Å². The predicted molar refractivity (Wildman–Crippen MR) is 126 cm³/mol. The van der Waals surface area contributed by atoms with E-state index >= 15 is 0 Å². The number of morpholine rings is 1. The summed E-state index contributed by atoms with van der Waals surface area (Å²) in [6.07, 6.45) is -0.516. The van der Waals surface area contributed by atoms with Crippen LogP contribution < -0.4 is 10.2 Å². The molecule has 0 unspecified atom stereocenters. The molecule has 2 atom stereocenters. The molecule has 2 aliphatic rings. The summed E-state index contributed by atoms with van der Waals surface area (Å²) in [5.74, 6) is -0.0391. The summed E-state index contributed by atoms with van der Waals surface area (Å²) in [5, 5.41) is 11.9. The molecule has 2 N–H and O–H groups in total. The van der Waals surface area contributed by atoms with Crippen LogP contribution in [0.4, 0.5) is 10.5 Å². The number of hydrogen-bond acceptors (Lipinski definition) is 4. The molecule has 7 nitrogen and oxygen atoms in total. The van der Waals surface area contributed by atoms with Gasteiger partial charge in [0, 0.05) is 38.3 Å². The maximum Gasteiger partial charge on any atom is 0.405 e. The highest BCUT2D eigenvalue weighted by Crippen LogP contribution is 2.39. The Morgan fingerprint density at radius 3 is 2.38 bits per heavy atom. The van der Waals surface area contributed by atoms with Gasteiger partial charge in [0.15, 0.2) is 0 Å². The zero-order chi connectivity index (χ0) is 22.0. The van der Waals surface area contributed by atoms with Crippen LogP contribution in [0.1, 0.15) is 37.4 Å². The number of hydrogen-bond donors (Lipinski definition) is 2. The van der Waals surface area contributed by atoms with Crippen molar-refractivity contribution in [3.05, 3.63) is 53.6 Å². The van der Waals surface area contributed by atoms with E-state index in [1.165, 1.54) is 5.56 Å². The number of fused-ring (bicyclic) bond motifs is 1. The topological polar surface area (TPSA) is 82.1 Å². The van der Waals surface area contributed by atoms with Crippen LogP contribution in [0.5, 0.6) is 0 Å². The first-order chi connectivity index (χ1) is 14.9. The lowest BCUT2D eigenvalue weighted by molar-refractivity contribution is -0.117. The molecule has 2 aliphatic heterocycles. The van der Waals surface area contributed by atoms with Crippen molar-refractivity contribution in [1.29, 1.82) is 0 Å². The Hall–Kier alpha value is -2.61. The summed E-state index contributed by atoms with van der Waals surface area (Å²) in [4.78, 5) is 27.7. The molecule has 4 rings (SSSR count). The van der Waals surface area contributed by atoms with Crippen molar-refractivity contribution in [2.24, 2.45) is 0 Å². The molecule has 0 saturated carbocycles. The highest BCUT2D eigenvalue weighted by atomic mass is 35.5. The second-order valence-electron chi connectivity index (χ2n) is 8.33. The number of nitrogens with one attached hydrogen (secondary N) is 1. The van der Waals surface area contributed by atoms with Gasteiger partial charge in [0.1, 0.15) is 0 Å². The molecule has 0 spiro atoms. The molecular weight excluding hydrogens is 430 g/mol. The lowest BCUT2D eigenvalue weighted by atomic mass is 9.89. The second kappa shape index (κ2) is 10.3. The normalized spacial score (nSPS) is 20.8. The molecule has 8 heteroatoms. The number of nitrogens with zero attached hydrogens (tertiary/aromatic N) is 2. The molecule has 1 fully saturated rings. The van der Waals surface area contributed by atoms with Gasteiger partial charge in [0.25, 0.3) is 0 Å². The maximum atomic E-state index is 12.2. The molecule has 1 saturated heterocycles. The van der Waals surface area contributed by atoms with E-state index in [4.69, 9.17) is 4.74 Å². The second-order valence-corrected chi connectivity index (χ2v) is 8.33. The Kier molecular flexibility index (Phi) is 7.77. The van der Waals surface area contributed by atoms with E-state index in [1.807, 2.05) is 25.1 Å². The van der Waals surface area contributed by atoms with E-state index in [2.05, 4.69) is 34.5 Å². The molecule has 172 valence electrons. The third kappa shape index (κ3) is 5.23. The SMILES string of the molecule is CC(=O)N1c2ccc(-c3ccc(CN4CCOCC4)cc3)cc2[C@H](NC(=O)O)C[C@@H]1C.Cl. The lowest BCUT2D eigenvalue weighted by Crippen LogP contribution is -2.45.